The lowest BCUT2D eigenvalue weighted by atomic mass is 10.1. The van der Waals surface area contributed by atoms with Crippen LogP contribution in [0.2, 0.25) is 0 Å². The molecule has 0 saturated carbocycles. The van der Waals surface area contributed by atoms with Crippen LogP contribution >= 0.6 is 15.9 Å². The lowest BCUT2D eigenvalue weighted by molar-refractivity contribution is -0.116. The minimum absolute atomic E-state index is 0.0858. The van der Waals surface area contributed by atoms with E-state index in [2.05, 4.69) is 31.4 Å². The predicted octanol–water partition coefficient (Wildman–Crippen LogP) is 3.56. The summed E-state index contributed by atoms with van der Waals surface area (Å²) >= 11 is 3.39. The fourth-order valence-corrected chi connectivity index (χ4v) is 2.83. The number of rotatable bonds is 6. The number of halogens is 1. The van der Waals surface area contributed by atoms with Crippen LogP contribution in [0.25, 0.3) is 11.3 Å². The van der Waals surface area contributed by atoms with E-state index in [9.17, 15) is 9.59 Å². The van der Waals surface area contributed by atoms with Gasteiger partial charge in [0.1, 0.15) is 11.4 Å². The van der Waals surface area contributed by atoms with Gasteiger partial charge in [-0.05, 0) is 42.5 Å². The van der Waals surface area contributed by atoms with E-state index in [0.29, 0.717) is 22.8 Å². The van der Waals surface area contributed by atoms with E-state index >= 15 is 0 Å². The van der Waals surface area contributed by atoms with Crippen molar-refractivity contribution in [3.8, 4) is 17.0 Å². The van der Waals surface area contributed by atoms with Gasteiger partial charge in [0.25, 0.3) is 5.91 Å². The molecule has 3 aromatic rings. The quantitative estimate of drug-likeness (QED) is 0.610. The van der Waals surface area contributed by atoms with Gasteiger partial charge in [-0.1, -0.05) is 28.1 Å². The maximum Gasteiger partial charge on any atom is 0.272 e. The second kappa shape index (κ2) is 8.71. The van der Waals surface area contributed by atoms with Crippen LogP contribution in [0.15, 0.2) is 59.1 Å². The molecule has 0 unspecified atom stereocenters. The molecule has 0 spiro atoms. The van der Waals surface area contributed by atoms with Crippen LogP contribution in [0.1, 0.15) is 10.5 Å². The number of amides is 2. The molecule has 0 aliphatic carbocycles. The number of H-pyrrole nitrogens is 1. The van der Waals surface area contributed by atoms with Crippen molar-refractivity contribution in [2.75, 3.05) is 26.0 Å². The molecule has 1 aromatic heterocycles. The van der Waals surface area contributed by atoms with Crippen LogP contribution < -0.4 is 10.1 Å². The minimum atomic E-state index is -0.319. The van der Waals surface area contributed by atoms with Crippen LogP contribution in [0.5, 0.6) is 5.75 Å². The van der Waals surface area contributed by atoms with E-state index in [4.69, 9.17) is 4.74 Å². The van der Waals surface area contributed by atoms with Gasteiger partial charge in [-0.25, -0.2) is 0 Å². The monoisotopic (exact) mass is 442 g/mol. The highest BCUT2D eigenvalue weighted by molar-refractivity contribution is 9.10. The van der Waals surface area contributed by atoms with Gasteiger partial charge < -0.3 is 15.0 Å². The molecule has 2 aromatic carbocycles. The maximum absolute atomic E-state index is 12.6. The van der Waals surface area contributed by atoms with Crippen molar-refractivity contribution in [1.29, 1.82) is 0 Å². The molecule has 3 rings (SSSR count). The summed E-state index contributed by atoms with van der Waals surface area (Å²) in [5, 5.41) is 9.67. The molecular formula is C20H19BrN4O3. The normalized spacial score (nSPS) is 10.4. The summed E-state index contributed by atoms with van der Waals surface area (Å²) in [5.74, 6) is 0.0838. The molecule has 0 fully saturated rings. The Morgan fingerprint density at radius 3 is 2.46 bits per heavy atom. The average Bonchev–Trinajstić information content (AvgIpc) is 3.18. The topological polar surface area (TPSA) is 87.3 Å². The molecule has 7 nitrogen and oxygen atoms in total. The third-order valence-electron chi connectivity index (χ3n) is 4.05. The Balaban J connectivity index is 1.60. The first kappa shape index (κ1) is 19.6. The number of hydrogen-bond acceptors (Lipinski definition) is 4. The van der Waals surface area contributed by atoms with Crippen molar-refractivity contribution in [2.24, 2.45) is 0 Å². The lowest BCUT2D eigenvalue weighted by Crippen LogP contribution is -2.35. The summed E-state index contributed by atoms with van der Waals surface area (Å²) in [6.07, 6.45) is 0. The molecule has 0 radical (unpaired) electrons. The van der Waals surface area contributed by atoms with Crippen LogP contribution in [0.4, 0.5) is 5.69 Å². The number of likely N-dealkylation sites (N-methyl/N-ethyl adjacent to an activating group) is 1. The zero-order chi connectivity index (χ0) is 20.1. The summed E-state index contributed by atoms with van der Waals surface area (Å²) in [4.78, 5) is 26.1. The molecule has 8 heteroatoms. The number of nitrogens with one attached hydrogen (secondary N) is 2. The van der Waals surface area contributed by atoms with E-state index in [1.165, 1.54) is 4.90 Å². The van der Waals surface area contributed by atoms with Gasteiger partial charge >= 0.3 is 0 Å². The van der Waals surface area contributed by atoms with E-state index < -0.39 is 0 Å². The summed E-state index contributed by atoms with van der Waals surface area (Å²) in [7, 11) is 3.14. The SMILES string of the molecule is COc1ccc(NC(=O)CN(C)C(=O)c2cc(-c3ccc(Br)cc3)n[nH]2)cc1. The van der Waals surface area contributed by atoms with Crippen molar-refractivity contribution in [1.82, 2.24) is 15.1 Å². The molecule has 1 heterocycles. The molecule has 144 valence electrons. The second-order valence-corrected chi connectivity index (χ2v) is 7.03. The first-order valence-corrected chi connectivity index (χ1v) is 9.26. The summed E-state index contributed by atoms with van der Waals surface area (Å²) < 4.78 is 6.05. The van der Waals surface area contributed by atoms with Gasteiger partial charge in [-0.2, -0.15) is 5.10 Å². The number of benzene rings is 2. The Hall–Kier alpha value is -3.13. The van der Waals surface area contributed by atoms with Gasteiger partial charge in [0.05, 0.1) is 19.3 Å². The number of aromatic amines is 1. The Labute approximate surface area is 170 Å². The minimum Gasteiger partial charge on any atom is -0.497 e. The highest BCUT2D eigenvalue weighted by Gasteiger charge is 2.18. The zero-order valence-corrected chi connectivity index (χ0v) is 17.0. The smallest absolute Gasteiger partial charge is 0.272 e. The van der Waals surface area contributed by atoms with Crippen molar-refractivity contribution in [3.63, 3.8) is 0 Å². The standard InChI is InChI=1S/C20H19BrN4O3/c1-25(12-19(26)22-15-7-9-16(28-2)10-8-15)20(27)18-11-17(23-24-18)13-3-5-14(21)6-4-13/h3-11H,12H2,1-2H3,(H,22,26)(H,23,24). The number of carbonyl (C=O) groups excluding carboxylic acids is 2. The largest absolute Gasteiger partial charge is 0.497 e. The molecule has 0 aliphatic rings. The molecule has 2 amide bonds. The van der Waals surface area contributed by atoms with Gasteiger partial charge in [-0.3, -0.25) is 14.7 Å². The third kappa shape index (κ3) is 4.77. The number of ether oxygens (including phenoxy) is 1. The van der Waals surface area contributed by atoms with Gasteiger partial charge in [0, 0.05) is 22.8 Å². The highest BCUT2D eigenvalue weighted by atomic mass is 79.9. The molecule has 28 heavy (non-hydrogen) atoms. The Morgan fingerprint density at radius 2 is 1.82 bits per heavy atom. The van der Waals surface area contributed by atoms with Crippen molar-refractivity contribution >= 4 is 33.4 Å². The molecule has 2 N–H and O–H groups in total. The highest BCUT2D eigenvalue weighted by Crippen LogP contribution is 2.21. The molecule has 0 saturated heterocycles. The predicted molar refractivity (Wildman–Crippen MR) is 110 cm³/mol. The van der Waals surface area contributed by atoms with Gasteiger partial charge in [0.2, 0.25) is 5.91 Å². The fraction of sp³-hybridized carbons (Fsp3) is 0.150. The number of methoxy groups -OCH3 is 1. The van der Waals surface area contributed by atoms with Crippen LogP contribution in [0, 0.1) is 0 Å². The first-order chi connectivity index (χ1) is 13.5. The lowest BCUT2D eigenvalue weighted by Gasteiger charge is -2.15. The van der Waals surface area contributed by atoms with Gasteiger partial charge in [-0.15, -0.1) is 0 Å². The van der Waals surface area contributed by atoms with Gasteiger partial charge in [0.15, 0.2) is 0 Å². The first-order valence-electron chi connectivity index (χ1n) is 8.47. The molecule has 0 bridgehead atoms. The zero-order valence-electron chi connectivity index (χ0n) is 15.4. The molecule has 0 aliphatic heterocycles. The van der Waals surface area contributed by atoms with Crippen molar-refractivity contribution in [3.05, 3.63) is 64.8 Å². The number of anilines is 1. The maximum atomic E-state index is 12.6. The molecule has 0 atom stereocenters. The van der Waals surface area contributed by atoms with E-state index in [-0.39, 0.29) is 18.4 Å². The summed E-state index contributed by atoms with van der Waals surface area (Å²) in [5.41, 5.74) is 2.49. The average molecular weight is 443 g/mol. The van der Waals surface area contributed by atoms with Crippen LogP contribution in [-0.4, -0.2) is 47.6 Å². The fourth-order valence-electron chi connectivity index (χ4n) is 2.57. The Bertz CT molecular complexity index is 968. The van der Waals surface area contributed by atoms with Crippen LogP contribution in [0.3, 0.4) is 0 Å². The second-order valence-electron chi connectivity index (χ2n) is 6.11. The molecular weight excluding hydrogens is 424 g/mol. The number of aromatic nitrogens is 2. The van der Waals surface area contributed by atoms with E-state index in [1.54, 1.807) is 44.5 Å². The van der Waals surface area contributed by atoms with Crippen molar-refractivity contribution < 1.29 is 14.3 Å². The van der Waals surface area contributed by atoms with Crippen LogP contribution in [-0.2, 0) is 4.79 Å². The van der Waals surface area contributed by atoms with Crippen molar-refractivity contribution in [2.45, 2.75) is 0 Å². The number of hydrogen-bond donors (Lipinski definition) is 2. The van der Waals surface area contributed by atoms with E-state index in [0.717, 1.165) is 10.0 Å². The summed E-state index contributed by atoms with van der Waals surface area (Å²) in [6.45, 7) is -0.0858. The Morgan fingerprint density at radius 1 is 1.14 bits per heavy atom. The number of carbonyl (C=O) groups is 2. The number of nitrogens with zero attached hydrogens (tertiary/aromatic N) is 2. The van der Waals surface area contributed by atoms with E-state index in [1.807, 2.05) is 24.3 Å². The third-order valence-corrected chi connectivity index (χ3v) is 4.58. The Kier molecular flexibility index (Phi) is 6.10. The summed E-state index contributed by atoms with van der Waals surface area (Å²) in [6, 6.07) is 16.3.